The third-order valence-electron chi connectivity index (χ3n) is 4.26. The summed E-state index contributed by atoms with van der Waals surface area (Å²) in [5.41, 5.74) is 3.57. The lowest BCUT2D eigenvalue weighted by Crippen LogP contribution is -2.36. The summed E-state index contributed by atoms with van der Waals surface area (Å²) in [6.07, 6.45) is 1.77. The number of guanidine groups is 1. The summed E-state index contributed by atoms with van der Waals surface area (Å²) in [6.45, 7) is -0.131. The Bertz CT molecular complexity index is 970. The third kappa shape index (κ3) is 4.94. The summed E-state index contributed by atoms with van der Waals surface area (Å²) in [5, 5.41) is 7.44. The number of alkyl halides is 2. The van der Waals surface area contributed by atoms with Gasteiger partial charge in [0.25, 0.3) is 0 Å². The Labute approximate surface area is 162 Å². The van der Waals surface area contributed by atoms with Crippen molar-refractivity contribution in [3.63, 3.8) is 0 Å². The van der Waals surface area contributed by atoms with Crippen molar-refractivity contribution in [2.45, 2.75) is 26.6 Å². The van der Waals surface area contributed by atoms with E-state index in [1.807, 2.05) is 43.3 Å². The first kappa shape index (κ1) is 19.5. The lowest BCUT2D eigenvalue weighted by molar-refractivity contribution is -0.0504. The van der Waals surface area contributed by atoms with Crippen molar-refractivity contribution in [1.82, 2.24) is 15.6 Å². The number of nitrogens with one attached hydrogen (secondary N) is 2. The number of fused-ring (bicyclic) bond motifs is 1. The number of hydrogen-bond donors (Lipinski definition) is 2. The van der Waals surface area contributed by atoms with Gasteiger partial charge < -0.3 is 15.4 Å². The molecule has 3 rings (SSSR count). The molecular formula is C21H22F2N4O. The zero-order chi connectivity index (χ0) is 19.9. The van der Waals surface area contributed by atoms with Crippen LogP contribution in [0.25, 0.3) is 10.9 Å². The minimum Gasteiger partial charge on any atom is -0.434 e. The van der Waals surface area contributed by atoms with Gasteiger partial charge in [-0.1, -0.05) is 42.0 Å². The molecule has 5 nitrogen and oxygen atoms in total. The maximum atomic E-state index is 12.6. The molecule has 0 saturated heterocycles. The Hall–Kier alpha value is -3.22. The fourth-order valence-electron chi connectivity index (χ4n) is 2.95. The average molecular weight is 384 g/mol. The largest absolute Gasteiger partial charge is 0.434 e. The second-order valence-corrected chi connectivity index (χ2v) is 6.26. The zero-order valence-corrected chi connectivity index (χ0v) is 15.7. The Morgan fingerprint density at radius 3 is 2.57 bits per heavy atom. The predicted molar refractivity (Wildman–Crippen MR) is 107 cm³/mol. The first-order valence-corrected chi connectivity index (χ1v) is 8.88. The lowest BCUT2D eigenvalue weighted by atomic mass is 10.1. The fourth-order valence-corrected chi connectivity index (χ4v) is 2.95. The highest BCUT2D eigenvalue weighted by atomic mass is 19.3. The van der Waals surface area contributed by atoms with Gasteiger partial charge in [-0.25, -0.2) is 0 Å². The molecule has 0 spiro atoms. The van der Waals surface area contributed by atoms with Crippen LogP contribution >= 0.6 is 0 Å². The van der Waals surface area contributed by atoms with Gasteiger partial charge in [0.2, 0.25) is 0 Å². The maximum absolute atomic E-state index is 12.6. The van der Waals surface area contributed by atoms with Crippen molar-refractivity contribution in [3.05, 3.63) is 71.4 Å². The van der Waals surface area contributed by atoms with E-state index in [2.05, 4.69) is 25.3 Å². The molecule has 0 unspecified atom stereocenters. The number of halogens is 2. The van der Waals surface area contributed by atoms with Crippen molar-refractivity contribution >= 4 is 16.9 Å². The molecule has 146 valence electrons. The molecule has 1 heterocycles. The summed E-state index contributed by atoms with van der Waals surface area (Å²) >= 11 is 0. The van der Waals surface area contributed by atoms with Crippen LogP contribution in [0.3, 0.4) is 0 Å². The molecule has 0 radical (unpaired) electrons. The number of aryl methyl sites for hydroxylation is 1. The number of hydrogen-bond acceptors (Lipinski definition) is 3. The van der Waals surface area contributed by atoms with Crippen molar-refractivity contribution in [1.29, 1.82) is 0 Å². The first-order valence-electron chi connectivity index (χ1n) is 8.88. The molecule has 0 amide bonds. The highest BCUT2D eigenvalue weighted by Gasteiger charge is 2.11. The minimum atomic E-state index is -2.86. The van der Waals surface area contributed by atoms with Gasteiger partial charge in [0.1, 0.15) is 5.75 Å². The molecule has 3 aromatic rings. The van der Waals surface area contributed by atoms with Crippen molar-refractivity contribution < 1.29 is 13.5 Å². The summed E-state index contributed by atoms with van der Waals surface area (Å²) < 4.78 is 29.8. The predicted octanol–water partition coefficient (Wildman–Crippen LogP) is 4.01. The average Bonchev–Trinajstić information content (AvgIpc) is 2.69. The Balaban J connectivity index is 1.66. The van der Waals surface area contributed by atoms with Gasteiger partial charge in [-0.05, 0) is 24.6 Å². The number of aliphatic imine (C=N–C) groups is 1. The number of nitrogens with zero attached hydrogens (tertiary/aromatic N) is 2. The van der Waals surface area contributed by atoms with E-state index >= 15 is 0 Å². The van der Waals surface area contributed by atoms with Crippen LogP contribution in [0.2, 0.25) is 0 Å². The van der Waals surface area contributed by atoms with Crippen LogP contribution in [-0.2, 0) is 13.1 Å². The molecule has 0 aliphatic rings. The van der Waals surface area contributed by atoms with Crippen molar-refractivity contribution in [3.8, 4) is 5.75 Å². The normalized spacial score (nSPS) is 11.7. The number of ether oxygens (including phenoxy) is 1. The van der Waals surface area contributed by atoms with E-state index in [1.165, 1.54) is 0 Å². The second kappa shape index (κ2) is 9.12. The van der Waals surface area contributed by atoms with Crippen LogP contribution in [0.1, 0.15) is 16.7 Å². The van der Waals surface area contributed by atoms with Crippen LogP contribution in [0.4, 0.5) is 8.78 Å². The Kier molecular flexibility index (Phi) is 6.37. The number of benzene rings is 2. The van der Waals surface area contributed by atoms with Crippen molar-refractivity contribution in [2.75, 3.05) is 7.05 Å². The highest BCUT2D eigenvalue weighted by molar-refractivity contribution is 5.83. The molecule has 2 aromatic carbocycles. The summed E-state index contributed by atoms with van der Waals surface area (Å²) in [6, 6.07) is 15.0. The molecule has 7 heteroatoms. The molecule has 0 fully saturated rings. The Morgan fingerprint density at radius 2 is 1.82 bits per heavy atom. The van der Waals surface area contributed by atoms with E-state index < -0.39 is 6.61 Å². The van der Waals surface area contributed by atoms with Crippen LogP contribution in [0.15, 0.2) is 59.7 Å². The highest BCUT2D eigenvalue weighted by Crippen LogP contribution is 2.22. The molecule has 0 bridgehead atoms. The molecule has 0 saturated carbocycles. The van der Waals surface area contributed by atoms with Gasteiger partial charge >= 0.3 is 6.61 Å². The summed E-state index contributed by atoms with van der Waals surface area (Å²) in [4.78, 5) is 8.64. The quantitative estimate of drug-likeness (QED) is 0.498. The van der Waals surface area contributed by atoms with Crippen LogP contribution in [0, 0.1) is 6.92 Å². The number of pyridine rings is 1. The van der Waals surface area contributed by atoms with Gasteiger partial charge in [-0.2, -0.15) is 8.78 Å². The topological polar surface area (TPSA) is 58.5 Å². The van der Waals surface area contributed by atoms with E-state index in [0.717, 1.165) is 22.0 Å². The second-order valence-electron chi connectivity index (χ2n) is 6.26. The number of para-hydroxylation sites is 1. The van der Waals surface area contributed by atoms with E-state index in [9.17, 15) is 8.78 Å². The molecule has 28 heavy (non-hydrogen) atoms. The van der Waals surface area contributed by atoms with Crippen LogP contribution in [0.5, 0.6) is 5.75 Å². The smallest absolute Gasteiger partial charge is 0.387 e. The minimum absolute atomic E-state index is 0.154. The molecule has 1 aromatic heterocycles. The lowest BCUT2D eigenvalue weighted by Gasteiger charge is -2.15. The molecule has 0 atom stereocenters. The first-order chi connectivity index (χ1) is 13.6. The van der Waals surface area contributed by atoms with Gasteiger partial charge in [-0.15, -0.1) is 0 Å². The van der Waals surface area contributed by atoms with Crippen LogP contribution in [-0.4, -0.2) is 24.6 Å². The summed E-state index contributed by atoms with van der Waals surface area (Å²) in [7, 11) is 1.66. The maximum Gasteiger partial charge on any atom is 0.387 e. The monoisotopic (exact) mass is 384 g/mol. The van der Waals surface area contributed by atoms with Crippen LogP contribution < -0.4 is 15.4 Å². The van der Waals surface area contributed by atoms with Gasteiger partial charge in [0.05, 0.1) is 5.52 Å². The number of rotatable bonds is 6. The van der Waals surface area contributed by atoms with Gasteiger partial charge in [-0.3, -0.25) is 9.98 Å². The zero-order valence-electron chi connectivity index (χ0n) is 15.7. The van der Waals surface area contributed by atoms with E-state index in [1.54, 1.807) is 25.4 Å². The number of aromatic nitrogens is 1. The molecular weight excluding hydrogens is 362 g/mol. The molecule has 0 aliphatic carbocycles. The van der Waals surface area contributed by atoms with E-state index in [4.69, 9.17) is 0 Å². The Morgan fingerprint density at radius 1 is 1.07 bits per heavy atom. The van der Waals surface area contributed by atoms with Gasteiger partial charge in [0.15, 0.2) is 5.96 Å². The SMILES string of the molecule is CN=C(NCc1cc(C)ccc1OC(F)F)NCc1cccc2cccnc12. The third-order valence-corrected chi connectivity index (χ3v) is 4.26. The van der Waals surface area contributed by atoms with E-state index in [-0.39, 0.29) is 5.75 Å². The summed E-state index contributed by atoms with van der Waals surface area (Å²) in [5.74, 6) is 0.708. The van der Waals surface area contributed by atoms with Crippen molar-refractivity contribution in [2.24, 2.45) is 4.99 Å². The standard InChI is InChI=1S/C21H22F2N4O/c1-14-8-9-18(28-20(22)23)17(11-14)13-27-21(24-2)26-12-16-6-3-5-15-7-4-10-25-19(15)16/h3-11,20H,12-13H2,1-2H3,(H2,24,26,27). The molecule has 2 N–H and O–H groups in total. The molecule has 0 aliphatic heterocycles. The van der Waals surface area contributed by atoms with Gasteiger partial charge in [0, 0.05) is 37.3 Å². The fraction of sp³-hybridized carbons (Fsp3) is 0.238. The van der Waals surface area contributed by atoms with E-state index in [0.29, 0.717) is 24.6 Å².